The van der Waals surface area contributed by atoms with Gasteiger partial charge in [0.05, 0.1) is 6.54 Å². The maximum Gasteiger partial charge on any atom is 0.331 e. The molecule has 6 heteroatoms. The number of hydrogen-bond acceptors (Lipinski definition) is 4. The summed E-state index contributed by atoms with van der Waals surface area (Å²) in [6.07, 6.45) is 4.07. The summed E-state index contributed by atoms with van der Waals surface area (Å²) in [5, 5.41) is 2.59. The summed E-state index contributed by atoms with van der Waals surface area (Å²) in [6.45, 7) is 2.86. The molecule has 0 bridgehead atoms. The third-order valence-electron chi connectivity index (χ3n) is 2.38. The van der Waals surface area contributed by atoms with Gasteiger partial charge in [-0.3, -0.25) is 9.36 Å². The summed E-state index contributed by atoms with van der Waals surface area (Å²) in [5.74, 6) is 0. The minimum atomic E-state index is -0.280. The SMILES string of the molecule is CCCn1ccc(=O)n(Cc2nccs2)c1=O. The first-order valence-electron chi connectivity index (χ1n) is 5.41. The van der Waals surface area contributed by atoms with Gasteiger partial charge in [0.1, 0.15) is 5.01 Å². The Bertz CT molecular complexity index is 598. The first-order valence-corrected chi connectivity index (χ1v) is 6.29. The van der Waals surface area contributed by atoms with E-state index in [0.717, 1.165) is 11.4 Å². The summed E-state index contributed by atoms with van der Waals surface area (Å²) < 4.78 is 2.77. The van der Waals surface area contributed by atoms with Crippen LogP contribution in [0.3, 0.4) is 0 Å². The molecule has 0 aliphatic heterocycles. The van der Waals surface area contributed by atoms with E-state index in [1.54, 1.807) is 17.0 Å². The van der Waals surface area contributed by atoms with Crippen LogP contribution < -0.4 is 11.2 Å². The molecular weight excluding hydrogens is 238 g/mol. The first kappa shape index (κ1) is 11.8. The standard InChI is InChI=1S/C11H13N3O2S/c1-2-5-13-6-3-10(15)14(11(13)16)8-9-12-4-7-17-9/h3-4,6-7H,2,5,8H2,1H3. The Morgan fingerprint density at radius 3 is 2.88 bits per heavy atom. The van der Waals surface area contributed by atoms with Crippen LogP contribution in [-0.4, -0.2) is 14.1 Å². The maximum atomic E-state index is 12.0. The van der Waals surface area contributed by atoms with Crippen LogP contribution in [-0.2, 0) is 13.1 Å². The molecule has 2 heterocycles. The van der Waals surface area contributed by atoms with E-state index >= 15 is 0 Å². The second-order valence-corrected chi connectivity index (χ2v) is 4.62. The van der Waals surface area contributed by atoms with Gasteiger partial charge in [-0.15, -0.1) is 11.3 Å². The van der Waals surface area contributed by atoms with E-state index in [4.69, 9.17) is 0 Å². The maximum absolute atomic E-state index is 12.0. The van der Waals surface area contributed by atoms with Crippen LogP contribution in [0.4, 0.5) is 0 Å². The summed E-state index contributed by atoms with van der Waals surface area (Å²) in [4.78, 5) is 27.7. The fourth-order valence-electron chi connectivity index (χ4n) is 1.58. The van der Waals surface area contributed by atoms with Crippen molar-refractivity contribution in [2.75, 3.05) is 0 Å². The van der Waals surface area contributed by atoms with E-state index in [0.29, 0.717) is 6.54 Å². The highest BCUT2D eigenvalue weighted by Crippen LogP contribution is 2.03. The van der Waals surface area contributed by atoms with Gasteiger partial charge in [0, 0.05) is 30.4 Å². The molecule has 2 aromatic rings. The zero-order chi connectivity index (χ0) is 12.3. The molecule has 0 aliphatic rings. The van der Waals surface area contributed by atoms with E-state index in [1.165, 1.54) is 22.0 Å². The highest BCUT2D eigenvalue weighted by Gasteiger charge is 2.06. The van der Waals surface area contributed by atoms with Crippen molar-refractivity contribution in [2.45, 2.75) is 26.4 Å². The molecule has 0 saturated heterocycles. The van der Waals surface area contributed by atoms with Gasteiger partial charge in [-0.25, -0.2) is 9.78 Å². The highest BCUT2D eigenvalue weighted by atomic mass is 32.1. The second kappa shape index (κ2) is 5.09. The minimum absolute atomic E-state index is 0.250. The van der Waals surface area contributed by atoms with E-state index < -0.39 is 0 Å². The Balaban J connectivity index is 2.42. The summed E-state index contributed by atoms with van der Waals surface area (Å²) in [6, 6.07) is 1.42. The molecule has 0 aliphatic carbocycles. The Kier molecular flexibility index (Phi) is 3.53. The van der Waals surface area contributed by atoms with Gasteiger partial charge < -0.3 is 4.57 Å². The molecule has 0 amide bonds. The molecular formula is C11H13N3O2S. The van der Waals surface area contributed by atoms with E-state index in [2.05, 4.69) is 4.98 Å². The lowest BCUT2D eigenvalue weighted by atomic mass is 10.4. The molecule has 0 radical (unpaired) electrons. The molecule has 0 aromatic carbocycles. The highest BCUT2D eigenvalue weighted by molar-refractivity contribution is 7.09. The zero-order valence-corrected chi connectivity index (χ0v) is 10.3. The van der Waals surface area contributed by atoms with Gasteiger partial charge in [0.15, 0.2) is 0 Å². The fourth-order valence-corrected chi connectivity index (χ4v) is 2.18. The van der Waals surface area contributed by atoms with E-state index in [-0.39, 0.29) is 17.8 Å². The van der Waals surface area contributed by atoms with Gasteiger partial charge in [0.2, 0.25) is 0 Å². The van der Waals surface area contributed by atoms with Gasteiger partial charge in [-0.1, -0.05) is 6.92 Å². The van der Waals surface area contributed by atoms with Crippen molar-refractivity contribution < 1.29 is 0 Å². The number of aromatic nitrogens is 3. The van der Waals surface area contributed by atoms with Crippen LogP contribution in [0.15, 0.2) is 33.4 Å². The largest absolute Gasteiger partial charge is 0.331 e. The number of thiazole rings is 1. The van der Waals surface area contributed by atoms with Crippen LogP contribution in [0.2, 0.25) is 0 Å². The van der Waals surface area contributed by atoms with Crippen LogP contribution in [0.5, 0.6) is 0 Å². The Morgan fingerprint density at radius 2 is 2.24 bits per heavy atom. The van der Waals surface area contributed by atoms with Crippen LogP contribution in [0.1, 0.15) is 18.4 Å². The average molecular weight is 251 g/mol. The average Bonchev–Trinajstić information content (AvgIpc) is 2.81. The molecule has 2 rings (SSSR count). The molecule has 90 valence electrons. The second-order valence-electron chi connectivity index (χ2n) is 3.64. The predicted octanol–water partition coefficient (Wildman–Crippen LogP) is 0.925. The minimum Gasteiger partial charge on any atom is -0.300 e. The summed E-state index contributed by atoms with van der Waals surface area (Å²) in [5.41, 5.74) is -0.549. The first-order chi connectivity index (χ1) is 8.22. The molecule has 0 saturated carbocycles. The van der Waals surface area contributed by atoms with Crippen molar-refractivity contribution in [3.8, 4) is 0 Å². The van der Waals surface area contributed by atoms with Crippen LogP contribution in [0, 0.1) is 0 Å². The van der Waals surface area contributed by atoms with Crippen molar-refractivity contribution in [1.82, 2.24) is 14.1 Å². The third kappa shape index (κ3) is 2.52. The van der Waals surface area contributed by atoms with Crippen LogP contribution in [0.25, 0.3) is 0 Å². The molecule has 17 heavy (non-hydrogen) atoms. The van der Waals surface area contributed by atoms with E-state index in [1.807, 2.05) is 12.3 Å². The smallest absolute Gasteiger partial charge is 0.300 e. The van der Waals surface area contributed by atoms with Crippen molar-refractivity contribution in [1.29, 1.82) is 0 Å². The number of hydrogen-bond donors (Lipinski definition) is 0. The molecule has 0 spiro atoms. The Morgan fingerprint density at radius 1 is 1.41 bits per heavy atom. The van der Waals surface area contributed by atoms with Gasteiger partial charge in [0.25, 0.3) is 5.56 Å². The quantitative estimate of drug-likeness (QED) is 0.812. The van der Waals surface area contributed by atoms with Gasteiger partial charge >= 0.3 is 5.69 Å². The van der Waals surface area contributed by atoms with Crippen molar-refractivity contribution >= 4 is 11.3 Å². The molecule has 0 atom stereocenters. The number of nitrogens with zero attached hydrogens (tertiary/aromatic N) is 3. The van der Waals surface area contributed by atoms with Crippen molar-refractivity contribution in [2.24, 2.45) is 0 Å². The monoisotopic (exact) mass is 251 g/mol. The van der Waals surface area contributed by atoms with Gasteiger partial charge in [-0.05, 0) is 6.42 Å². The number of aryl methyl sites for hydroxylation is 1. The molecule has 0 fully saturated rings. The topological polar surface area (TPSA) is 56.9 Å². The van der Waals surface area contributed by atoms with Gasteiger partial charge in [-0.2, -0.15) is 0 Å². The summed E-state index contributed by atoms with van der Waals surface area (Å²) >= 11 is 1.44. The predicted molar refractivity (Wildman–Crippen MR) is 66.5 cm³/mol. The van der Waals surface area contributed by atoms with Crippen LogP contribution >= 0.6 is 11.3 Å². The third-order valence-corrected chi connectivity index (χ3v) is 3.15. The molecule has 0 unspecified atom stereocenters. The molecule has 0 N–H and O–H groups in total. The molecule has 2 aromatic heterocycles. The normalized spacial score (nSPS) is 10.6. The zero-order valence-electron chi connectivity index (χ0n) is 9.50. The number of rotatable bonds is 4. The van der Waals surface area contributed by atoms with E-state index in [9.17, 15) is 9.59 Å². The lowest BCUT2D eigenvalue weighted by Crippen LogP contribution is -2.39. The Hall–Kier alpha value is -1.69. The Labute approximate surface area is 102 Å². The lowest BCUT2D eigenvalue weighted by Gasteiger charge is -2.07. The summed E-state index contributed by atoms with van der Waals surface area (Å²) in [7, 11) is 0. The lowest BCUT2D eigenvalue weighted by molar-refractivity contribution is 0.570. The van der Waals surface area contributed by atoms with Crippen molar-refractivity contribution in [3.63, 3.8) is 0 Å². The molecule has 5 nitrogen and oxygen atoms in total. The fraction of sp³-hybridized carbons (Fsp3) is 0.364. The van der Waals surface area contributed by atoms with Crippen molar-refractivity contribution in [3.05, 3.63) is 49.7 Å².